The van der Waals surface area contributed by atoms with Crippen molar-refractivity contribution in [2.45, 2.75) is 32.2 Å². The van der Waals surface area contributed by atoms with Gasteiger partial charge in [-0.25, -0.2) is 0 Å². The van der Waals surface area contributed by atoms with Crippen LogP contribution in [0.5, 0.6) is 0 Å². The summed E-state index contributed by atoms with van der Waals surface area (Å²) in [6.07, 6.45) is 2.16. The Kier molecular flexibility index (Phi) is 4.39. The highest BCUT2D eigenvalue weighted by Crippen LogP contribution is 2.25. The van der Waals surface area contributed by atoms with E-state index in [2.05, 4.69) is 6.92 Å². The van der Waals surface area contributed by atoms with Gasteiger partial charge in [0.25, 0.3) is 0 Å². The second kappa shape index (κ2) is 6.45. The molecule has 1 aliphatic heterocycles. The van der Waals surface area contributed by atoms with Crippen LogP contribution in [0.1, 0.15) is 36.5 Å². The average molecular weight is 312 g/mol. The van der Waals surface area contributed by atoms with Crippen molar-refractivity contribution in [3.8, 4) is 0 Å². The largest absolute Gasteiger partial charge is 0.297 e. The van der Waals surface area contributed by atoms with E-state index in [0.717, 1.165) is 35.2 Å². The lowest BCUT2D eigenvalue weighted by atomic mass is 9.95. The molecule has 0 fully saturated rings. The maximum atomic E-state index is 12.5. The Balaban J connectivity index is 2.18. The Morgan fingerprint density at radius 3 is 2.68 bits per heavy atom. The molecule has 1 heterocycles. The zero-order valence-corrected chi connectivity index (χ0v) is 13.3. The Morgan fingerprint density at radius 1 is 1.18 bits per heavy atom. The monoisotopic (exact) mass is 311 g/mol. The molecule has 0 bridgehead atoms. The summed E-state index contributed by atoms with van der Waals surface area (Å²) >= 11 is 6.18. The highest BCUT2D eigenvalue weighted by atomic mass is 35.5. The van der Waals surface area contributed by atoms with Crippen molar-refractivity contribution in [1.29, 1.82) is 0 Å². The summed E-state index contributed by atoms with van der Waals surface area (Å²) in [4.78, 5) is 17.3. The Hall–Kier alpha value is -1.93. The van der Waals surface area contributed by atoms with Crippen LogP contribution in [0.15, 0.2) is 53.5 Å². The molecule has 2 nitrogen and oxygen atoms in total. The van der Waals surface area contributed by atoms with E-state index in [1.54, 1.807) is 0 Å². The lowest BCUT2D eigenvalue weighted by molar-refractivity contribution is -0.119. The topological polar surface area (TPSA) is 29.4 Å². The number of carbonyl (C=O) groups is 1. The molecule has 3 rings (SSSR count). The minimum atomic E-state index is -0.258. The molecule has 0 amide bonds. The summed E-state index contributed by atoms with van der Waals surface area (Å²) in [6, 6.07) is 15.5. The van der Waals surface area contributed by atoms with Gasteiger partial charge in [-0.1, -0.05) is 61.3 Å². The number of fused-ring (bicyclic) bond motifs is 1. The van der Waals surface area contributed by atoms with Crippen LogP contribution < -0.4 is 0 Å². The van der Waals surface area contributed by atoms with Gasteiger partial charge in [-0.15, -0.1) is 0 Å². The summed E-state index contributed by atoms with van der Waals surface area (Å²) in [5.41, 5.74) is 3.89. The van der Waals surface area contributed by atoms with Crippen molar-refractivity contribution in [3.05, 3.63) is 70.2 Å². The van der Waals surface area contributed by atoms with Crippen LogP contribution in [0.3, 0.4) is 0 Å². The maximum absolute atomic E-state index is 12.5. The van der Waals surface area contributed by atoms with Crippen LogP contribution in [-0.2, 0) is 11.2 Å². The first-order valence-corrected chi connectivity index (χ1v) is 8.01. The number of aliphatic imine (C=N–C) groups is 1. The summed E-state index contributed by atoms with van der Waals surface area (Å²) in [7, 11) is 0. The van der Waals surface area contributed by atoms with Crippen molar-refractivity contribution >= 4 is 23.1 Å². The molecule has 0 spiro atoms. The second-order valence-electron chi connectivity index (χ2n) is 5.59. The molecule has 1 aliphatic rings. The quantitative estimate of drug-likeness (QED) is 0.822. The third kappa shape index (κ3) is 2.97. The highest BCUT2D eigenvalue weighted by Gasteiger charge is 2.25. The van der Waals surface area contributed by atoms with E-state index in [9.17, 15) is 4.79 Å². The zero-order valence-electron chi connectivity index (χ0n) is 12.6. The Bertz CT molecular complexity index is 721. The van der Waals surface area contributed by atoms with Crippen LogP contribution in [0, 0.1) is 0 Å². The molecule has 0 radical (unpaired) electrons. The van der Waals surface area contributed by atoms with Crippen LogP contribution >= 0.6 is 11.6 Å². The van der Waals surface area contributed by atoms with Gasteiger partial charge in [0.2, 0.25) is 0 Å². The Morgan fingerprint density at radius 2 is 1.95 bits per heavy atom. The van der Waals surface area contributed by atoms with Gasteiger partial charge < -0.3 is 0 Å². The smallest absolute Gasteiger partial charge is 0.161 e. The highest BCUT2D eigenvalue weighted by molar-refractivity contribution is 6.31. The fourth-order valence-electron chi connectivity index (χ4n) is 2.85. The van der Waals surface area contributed by atoms with E-state index < -0.39 is 0 Å². The number of benzene rings is 2. The summed E-state index contributed by atoms with van der Waals surface area (Å²) in [6.45, 7) is 2.08. The first-order chi connectivity index (χ1) is 10.7. The molecule has 0 saturated carbocycles. The predicted molar refractivity (Wildman–Crippen MR) is 90.9 cm³/mol. The Labute approximate surface area is 135 Å². The number of rotatable bonds is 3. The second-order valence-corrected chi connectivity index (χ2v) is 6.03. The lowest BCUT2D eigenvalue weighted by Crippen LogP contribution is -2.19. The van der Waals surface area contributed by atoms with Gasteiger partial charge in [0.15, 0.2) is 5.78 Å². The van der Waals surface area contributed by atoms with Gasteiger partial charge in [0.1, 0.15) is 6.04 Å². The minimum Gasteiger partial charge on any atom is -0.297 e. The molecular weight excluding hydrogens is 294 g/mol. The lowest BCUT2D eigenvalue weighted by Gasteiger charge is -2.11. The van der Waals surface area contributed by atoms with Crippen LogP contribution in [0.4, 0.5) is 0 Å². The first-order valence-electron chi connectivity index (χ1n) is 7.63. The van der Waals surface area contributed by atoms with Crippen molar-refractivity contribution in [1.82, 2.24) is 0 Å². The molecular formula is C19H18ClNO. The molecule has 0 N–H and O–H groups in total. The predicted octanol–water partition coefficient (Wildman–Crippen LogP) is 4.47. The molecule has 0 aromatic heterocycles. The number of hydrogen-bond donors (Lipinski definition) is 0. The van der Waals surface area contributed by atoms with Crippen LogP contribution in [0.2, 0.25) is 5.02 Å². The third-order valence-corrected chi connectivity index (χ3v) is 4.19. The molecule has 1 atom stereocenters. The average Bonchev–Trinajstić information content (AvgIpc) is 2.66. The molecule has 2 aromatic rings. The summed E-state index contributed by atoms with van der Waals surface area (Å²) in [5.74, 6) is 0.191. The number of Topliss-reactive ketones (excluding diaryl/α,β-unsaturated/α-hetero) is 1. The van der Waals surface area contributed by atoms with Crippen LogP contribution in [-0.4, -0.2) is 17.5 Å². The van der Waals surface area contributed by atoms with Crippen molar-refractivity contribution < 1.29 is 4.79 Å². The van der Waals surface area contributed by atoms with Gasteiger partial charge >= 0.3 is 0 Å². The van der Waals surface area contributed by atoms with E-state index in [1.807, 2.05) is 48.5 Å². The van der Waals surface area contributed by atoms with E-state index >= 15 is 0 Å². The van der Waals surface area contributed by atoms with Gasteiger partial charge in [0.05, 0.1) is 5.71 Å². The molecule has 2 aromatic carbocycles. The molecule has 3 heteroatoms. The van der Waals surface area contributed by atoms with Gasteiger partial charge in [-0.05, 0) is 24.1 Å². The fourth-order valence-corrected chi connectivity index (χ4v) is 3.02. The maximum Gasteiger partial charge on any atom is 0.161 e. The van der Waals surface area contributed by atoms with E-state index in [-0.39, 0.29) is 11.8 Å². The first kappa shape index (κ1) is 15.0. The van der Waals surface area contributed by atoms with Crippen molar-refractivity contribution in [2.75, 3.05) is 0 Å². The molecule has 0 aliphatic carbocycles. The van der Waals surface area contributed by atoms with Gasteiger partial charge in [-0.3, -0.25) is 9.79 Å². The van der Waals surface area contributed by atoms with Crippen LogP contribution in [0.25, 0.3) is 0 Å². The normalized spacial score (nSPS) is 17.6. The SMILES string of the molecule is CCC[C@@H]1N=C(c2ccccc2)c2cc(Cl)ccc2CC1=O. The number of nitrogens with zero attached hydrogens (tertiary/aromatic N) is 1. The van der Waals surface area contributed by atoms with E-state index in [1.165, 1.54) is 0 Å². The number of ketones is 1. The van der Waals surface area contributed by atoms with Gasteiger partial charge in [-0.2, -0.15) is 0 Å². The fraction of sp³-hybridized carbons (Fsp3) is 0.263. The number of carbonyl (C=O) groups excluding carboxylic acids is 1. The van der Waals surface area contributed by atoms with Crippen molar-refractivity contribution in [3.63, 3.8) is 0 Å². The molecule has 112 valence electrons. The van der Waals surface area contributed by atoms with Crippen molar-refractivity contribution in [2.24, 2.45) is 4.99 Å². The summed E-state index contributed by atoms with van der Waals surface area (Å²) in [5, 5.41) is 0.670. The van der Waals surface area contributed by atoms with E-state index in [0.29, 0.717) is 11.4 Å². The molecule has 0 unspecified atom stereocenters. The molecule has 22 heavy (non-hydrogen) atoms. The van der Waals surface area contributed by atoms with Gasteiger partial charge in [0, 0.05) is 22.6 Å². The summed E-state index contributed by atoms with van der Waals surface area (Å²) < 4.78 is 0. The number of hydrogen-bond acceptors (Lipinski definition) is 2. The number of halogens is 1. The van der Waals surface area contributed by atoms with E-state index in [4.69, 9.17) is 16.6 Å². The zero-order chi connectivity index (χ0) is 15.5. The third-order valence-electron chi connectivity index (χ3n) is 3.96. The molecule has 0 saturated heterocycles. The minimum absolute atomic E-state index is 0.191. The standard InChI is InChI=1S/C19H18ClNO/c1-2-6-17-18(22)11-14-9-10-15(20)12-16(14)19(21-17)13-7-4-3-5-8-13/h3-5,7-10,12,17H,2,6,11H2,1H3/t17-/m0/s1.